The molecule has 0 radical (unpaired) electrons. The van der Waals surface area contributed by atoms with Crippen LogP contribution in [0.3, 0.4) is 0 Å². The monoisotopic (exact) mass is 498 g/mol. The molecule has 0 spiro atoms. The van der Waals surface area contributed by atoms with E-state index >= 15 is 0 Å². The smallest absolute Gasteiger partial charge is 0.253 e. The van der Waals surface area contributed by atoms with E-state index < -0.39 is 6.04 Å². The molecule has 0 fully saturated rings. The van der Waals surface area contributed by atoms with E-state index in [1.165, 1.54) is 0 Å². The zero-order chi connectivity index (χ0) is 23.9. The highest BCUT2D eigenvalue weighted by Gasteiger charge is 2.21. The van der Waals surface area contributed by atoms with Crippen LogP contribution in [0.5, 0.6) is 11.5 Å². The van der Waals surface area contributed by atoms with Crippen LogP contribution in [0.25, 0.3) is 0 Å². The van der Waals surface area contributed by atoms with Crippen LogP contribution in [0.15, 0.2) is 66.7 Å². The van der Waals surface area contributed by atoms with E-state index in [2.05, 4.69) is 10.6 Å². The lowest BCUT2D eigenvalue weighted by Gasteiger charge is -2.21. The van der Waals surface area contributed by atoms with Crippen LogP contribution < -0.4 is 20.1 Å². The fourth-order valence-electron chi connectivity index (χ4n) is 3.73. The van der Waals surface area contributed by atoms with Gasteiger partial charge < -0.3 is 20.1 Å². The standard InChI is InChI=1S/C26H24Cl2N2O4/c27-20-9-5-4-8-19(20)26(32)30-22(18-6-2-1-3-7-18)16-24(31)29-11-10-17-14-21(28)25-23(15-17)33-12-13-34-25/h1-9,14-15,22H,10-13,16H2,(H,29,31)(H,30,32). The lowest BCUT2D eigenvalue weighted by molar-refractivity contribution is -0.121. The van der Waals surface area contributed by atoms with Crippen molar-refractivity contribution in [2.75, 3.05) is 19.8 Å². The summed E-state index contributed by atoms with van der Waals surface area (Å²) in [6, 6.07) is 19.4. The van der Waals surface area contributed by atoms with Gasteiger partial charge in [0.25, 0.3) is 5.91 Å². The van der Waals surface area contributed by atoms with Gasteiger partial charge >= 0.3 is 0 Å². The second kappa shape index (κ2) is 11.3. The third-order valence-corrected chi connectivity index (χ3v) is 6.02. The zero-order valence-electron chi connectivity index (χ0n) is 18.4. The molecular formula is C26H24Cl2N2O4. The Balaban J connectivity index is 1.38. The van der Waals surface area contributed by atoms with E-state index in [1.54, 1.807) is 24.3 Å². The molecule has 2 amide bonds. The Bertz CT molecular complexity index is 1170. The molecule has 3 aromatic carbocycles. The summed E-state index contributed by atoms with van der Waals surface area (Å²) in [5.41, 5.74) is 2.12. The number of benzene rings is 3. The Morgan fingerprint density at radius 1 is 0.912 bits per heavy atom. The number of carbonyl (C=O) groups is 2. The minimum atomic E-state index is -0.506. The van der Waals surface area contributed by atoms with Gasteiger partial charge in [-0.25, -0.2) is 0 Å². The molecule has 4 rings (SSSR count). The van der Waals surface area contributed by atoms with Gasteiger partial charge in [-0.05, 0) is 41.8 Å². The van der Waals surface area contributed by atoms with Crippen LogP contribution in [0.1, 0.15) is 33.9 Å². The number of hydrogen-bond donors (Lipinski definition) is 2. The van der Waals surface area contributed by atoms with E-state index in [9.17, 15) is 9.59 Å². The molecule has 1 aliphatic heterocycles. The largest absolute Gasteiger partial charge is 0.486 e. The van der Waals surface area contributed by atoms with Crippen LogP contribution >= 0.6 is 23.2 Å². The molecule has 176 valence electrons. The van der Waals surface area contributed by atoms with Gasteiger partial charge in [-0.15, -0.1) is 0 Å². The zero-order valence-corrected chi connectivity index (χ0v) is 19.9. The maximum Gasteiger partial charge on any atom is 0.253 e. The molecule has 1 unspecified atom stereocenters. The highest BCUT2D eigenvalue weighted by molar-refractivity contribution is 6.33. The van der Waals surface area contributed by atoms with Crippen molar-refractivity contribution in [2.24, 2.45) is 0 Å². The van der Waals surface area contributed by atoms with Crippen molar-refractivity contribution in [1.82, 2.24) is 10.6 Å². The van der Waals surface area contributed by atoms with E-state index in [1.807, 2.05) is 42.5 Å². The predicted octanol–water partition coefficient (Wildman–Crippen LogP) is 4.98. The van der Waals surface area contributed by atoms with Gasteiger partial charge in [-0.2, -0.15) is 0 Å². The summed E-state index contributed by atoms with van der Waals surface area (Å²) in [5.74, 6) is 0.655. The number of halogens is 2. The maximum atomic E-state index is 12.8. The van der Waals surface area contributed by atoms with Crippen molar-refractivity contribution in [1.29, 1.82) is 0 Å². The van der Waals surface area contributed by atoms with Crippen molar-refractivity contribution in [3.63, 3.8) is 0 Å². The van der Waals surface area contributed by atoms with Crippen LogP contribution in [-0.2, 0) is 11.2 Å². The first kappa shape index (κ1) is 23.9. The third kappa shape index (κ3) is 6.01. The maximum absolute atomic E-state index is 12.8. The first-order chi connectivity index (χ1) is 16.5. The Morgan fingerprint density at radius 2 is 1.65 bits per heavy atom. The molecule has 8 heteroatoms. The number of hydrogen-bond acceptors (Lipinski definition) is 4. The summed E-state index contributed by atoms with van der Waals surface area (Å²) in [6.45, 7) is 1.36. The van der Waals surface area contributed by atoms with Crippen LogP contribution in [-0.4, -0.2) is 31.6 Å². The number of amides is 2. The Kier molecular flexibility index (Phi) is 7.93. The topological polar surface area (TPSA) is 76.7 Å². The molecule has 0 aromatic heterocycles. The van der Waals surface area contributed by atoms with Gasteiger partial charge in [0, 0.05) is 6.54 Å². The summed E-state index contributed by atoms with van der Waals surface area (Å²) in [4.78, 5) is 25.6. The summed E-state index contributed by atoms with van der Waals surface area (Å²) in [7, 11) is 0. The molecule has 1 atom stereocenters. The molecule has 0 saturated carbocycles. The molecule has 34 heavy (non-hydrogen) atoms. The number of fused-ring (bicyclic) bond motifs is 1. The second-order valence-electron chi connectivity index (χ2n) is 7.82. The highest BCUT2D eigenvalue weighted by atomic mass is 35.5. The van der Waals surface area contributed by atoms with Crippen LogP contribution in [0.4, 0.5) is 0 Å². The molecule has 1 aliphatic rings. The minimum absolute atomic E-state index is 0.0854. The van der Waals surface area contributed by atoms with Gasteiger partial charge in [-0.3, -0.25) is 9.59 Å². The van der Waals surface area contributed by atoms with Crippen LogP contribution in [0.2, 0.25) is 10.0 Å². The molecule has 0 bridgehead atoms. The Hall–Kier alpha value is -3.22. The number of carbonyl (C=O) groups excluding carboxylic acids is 2. The average Bonchev–Trinajstić information content (AvgIpc) is 2.84. The molecule has 2 N–H and O–H groups in total. The average molecular weight is 499 g/mol. The molecule has 0 saturated heterocycles. The molecule has 1 heterocycles. The van der Waals surface area contributed by atoms with Crippen molar-refractivity contribution in [3.8, 4) is 11.5 Å². The first-order valence-electron chi connectivity index (χ1n) is 11.0. The molecular weight excluding hydrogens is 475 g/mol. The van der Waals surface area contributed by atoms with Crippen molar-refractivity contribution in [3.05, 3.63) is 93.5 Å². The van der Waals surface area contributed by atoms with Gasteiger partial charge in [0.1, 0.15) is 13.2 Å². The number of ether oxygens (including phenoxy) is 2. The fraction of sp³-hybridized carbons (Fsp3) is 0.231. The minimum Gasteiger partial charge on any atom is -0.486 e. The number of nitrogens with one attached hydrogen (secondary N) is 2. The van der Waals surface area contributed by atoms with Gasteiger partial charge in [-0.1, -0.05) is 65.7 Å². The van der Waals surface area contributed by atoms with E-state index in [4.69, 9.17) is 32.7 Å². The van der Waals surface area contributed by atoms with E-state index in [-0.39, 0.29) is 18.2 Å². The Morgan fingerprint density at radius 3 is 2.44 bits per heavy atom. The Labute approximate surface area is 208 Å². The van der Waals surface area contributed by atoms with Crippen molar-refractivity contribution < 1.29 is 19.1 Å². The van der Waals surface area contributed by atoms with E-state index in [0.717, 1.165) is 11.1 Å². The summed E-state index contributed by atoms with van der Waals surface area (Å²) in [5, 5.41) is 6.71. The molecule has 0 aliphatic carbocycles. The summed E-state index contributed by atoms with van der Waals surface area (Å²) in [6.07, 6.45) is 0.659. The highest BCUT2D eigenvalue weighted by Crippen LogP contribution is 2.38. The van der Waals surface area contributed by atoms with Gasteiger partial charge in [0.05, 0.1) is 28.1 Å². The number of rotatable bonds is 8. The summed E-state index contributed by atoms with van der Waals surface area (Å²) < 4.78 is 11.1. The first-order valence-corrected chi connectivity index (χ1v) is 11.7. The van der Waals surface area contributed by atoms with E-state index in [0.29, 0.717) is 53.3 Å². The molecule has 6 nitrogen and oxygen atoms in total. The normalized spacial score (nSPS) is 13.1. The van der Waals surface area contributed by atoms with Crippen molar-refractivity contribution in [2.45, 2.75) is 18.9 Å². The lowest BCUT2D eigenvalue weighted by Crippen LogP contribution is -2.34. The van der Waals surface area contributed by atoms with Crippen LogP contribution in [0, 0.1) is 0 Å². The predicted molar refractivity (Wildman–Crippen MR) is 132 cm³/mol. The quantitative estimate of drug-likeness (QED) is 0.458. The van der Waals surface area contributed by atoms with Crippen molar-refractivity contribution >= 4 is 35.0 Å². The second-order valence-corrected chi connectivity index (χ2v) is 8.64. The molecule has 3 aromatic rings. The van der Waals surface area contributed by atoms with Gasteiger partial charge in [0.15, 0.2) is 11.5 Å². The fourth-order valence-corrected chi connectivity index (χ4v) is 4.24. The third-order valence-electron chi connectivity index (χ3n) is 5.41. The lowest BCUT2D eigenvalue weighted by atomic mass is 10.0. The summed E-state index contributed by atoms with van der Waals surface area (Å²) >= 11 is 12.5. The SMILES string of the molecule is O=C(CC(NC(=O)c1ccccc1Cl)c1ccccc1)NCCc1cc(Cl)c2c(c1)OCCO2. The van der Waals surface area contributed by atoms with Gasteiger partial charge in [0.2, 0.25) is 5.91 Å².